The summed E-state index contributed by atoms with van der Waals surface area (Å²) in [5.74, 6) is 1.15. The Morgan fingerprint density at radius 1 is 1.04 bits per heavy atom. The molecule has 0 bridgehead atoms. The van der Waals surface area contributed by atoms with Crippen molar-refractivity contribution in [1.82, 2.24) is 4.90 Å². The van der Waals surface area contributed by atoms with Gasteiger partial charge in [0, 0.05) is 18.2 Å². The molecule has 0 aliphatic heterocycles. The third-order valence-electron chi connectivity index (χ3n) is 4.26. The number of carbonyl (C=O) groups is 2. The van der Waals surface area contributed by atoms with Crippen LogP contribution in [-0.4, -0.2) is 36.8 Å². The number of Topliss-reactive ketones (excluding diaryl/α,β-unsaturated/α-hetero) is 1. The number of hydrogen-bond acceptors (Lipinski definition) is 4. The molecule has 0 fully saturated rings. The summed E-state index contributed by atoms with van der Waals surface area (Å²) in [5.41, 5.74) is 1.43. The zero-order valence-electron chi connectivity index (χ0n) is 15.6. The van der Waals surface area contributed by atoms with Gasteiger partial charge in [-0.25, -0.2) is 0 Å². The molecule has 0 atom stereocenters. The quantitative estimate of drug-likeness (QED) is 0.529. The number of furan rings is 1. The number of likely N-dealkylation sites (N-methyl/N-ethyl adjacent to an activating group) is 1. The van der Waals surface area contributed by atoms with E-state index in [1.54, 1.807) is 55.6 Å². The average molecular weight is 398 g/mol. The maximum atomic E-state index is 12.5. The summed E-state index contributed by atoms with van der Waals surface area (Å²) in [6.07, 6.45) is 0. The molecule has 0 aliphatic carbocycles. The van der Waals surface area contributed by atoms with E-state index in [2.05, 4.69) is 0 Å². The predicted molar refractivity (Wildman–Crippen MR) is 108 cm³/mol. The Kier molecular flexibility index (Phi) is 6.16. The number of halogens is 1. The molecule has 1 amide bonds. The van der Waals surface area contributed by atoms with Crippen molar-refractivity contribution in [3.05, 3.63) is 77.0 Å². The number of ketones is 1. The summed E-state index contributed by atoms with van der Waals surface area (Å²) in [5, 5.41) is 0.531. The first-order valence-electron chi connectivity index (χ1n) is 8.79. The van der Waals surface area contributed by atoms with Gasteiger partial charge >= 0.3 is 0 Å². The number of nitrogens with zero attached hydrogens (tertiary/aromatic N) is 1. The lowest BCUT2D eigenvalue weighted by Crippen LogP contribution is -2.30. The van der Waals surface area contributed by atoms with Crippen molar-refractivity contribution in [3.8, 4) is 17.1 Å². The molecule has 3 aromatic rings. The number of benzene rings is 2. The van der Waals surface area contributed by atoms with Crippen LogP contribution in [0.4, 0.5) is 0 Å². The van der Waals surface area contributed by atoms with Crippen LogP contribution in [0.2, 0.25) is 5.02 Å². The van der Waals surface area contributed by atoms with Crippen LogP contribution in [-0.2, 0) is 0 Å². The third-order valence-corrected chi connectivity index (χ3v) is 4.57. The Morgan fingerprint density at radius 2 is 1.75 bits per heavy atom. The van der Waals surface area contributed by atoms with Crippen LogP contribution in [0, 0.1) is 0 Å². The van der Waals surface area contributed by atoms with E-state index in [0.717, 1.165) is 5.56 Å². The second-order valence-electron chi connectivity index (χ2n) is 6.30. The van der Waals surface area contributed by atoms with Crippen molar-refractivity contribution in [2.24, 2.45) is 0 Å². The highest BCUT2D eigenvalue weighted by Crippen LogP contribution is 2.24. The first-order chi connectivity index (χ1) is 13.5. The van der Waals surface area contributed by atoms with Gasteiger partial charge < -0.3 is 14.1 Å². The smallest absolute Gasteiger partial charge is 0.289 e. The normalized spacial score (nSPS) is 10.5. The molecule has 5 nitrogen and oxygen atoms in total. The summed E-state index contributed by atoms with van der Waals surface area (Å²) in [4.78, 5) is 25.4. The van der Waals surface area contributed by atoms with Gasteiger partial charge in [0.1, 0.15) is 18.1 Å². The fourth-order valence-electron chi connectivity index (χ4n) is 2.62. The van der Waals surface area contributed by atoms with Crippen LogP contribution >= 0.6 is 11.6 Å². The molecule has 6 heteroatoms. The number of ether oxygens (including phenoxy) is 1. The van der Waals surface area contributed by atoms with Gasteiger partial charge in [-0.3, -0.25) is 9.59 Å². The van der Waals surface area contributed by atoms with E-state index in [1.165, 1.54) is 11.8 Å². The molecule has 0 radical (unpaired) electrons. The molecule has 0 saturated heterocycles. The highest BCUT2D eigenvalue weighted by atomic mass is 35.5. The minimum Gasteiger partial charge on any atom is -0.490 e. The zero-order valence-corrected chi connectivity index (χ0v) is 16.4. The van der Waals surface area contributed by atoms with Gasteiger partial charge in [-0.15, -0.1) is 0 Å². The minimum absolute atomic E-state index is 0.00231. The van der Waals surface area contributed by atoms with E-state index in [1.807, 2.05) is 12.1 Å². The van der Waals surface area contributed by atoms with Crippen molar-refractivity contribution in [3.63, 3.8) is 0 Å². The fourth-order valence-corrected chi connectivity index (χ4v) is 2.81. The van der Waals surface area contributed by atoms with Crippen LogP contribution in [0.1, 0.15) is 27.8 Å². The van der Waals surface area contributed by atoms with E-state index >= 15 is 0 Å². The molecule has 0 unspecified atom stereocenters. The van der Waals surface area contributed by atoms with Gasteiger partial charge in [-0.1, -0.05) is 48.0 Å². The largest absolute Gasteiger partial charge is 0.490 e. The number of amides is 1. The first-order valence-corrected chi connectivity index (χ1v) is 9.17. The minimum atomic E-state index is -0.241. The lowest BCUT2D eigenvalue weighted by molar-refractivity contribution is 0.0743. The lowest BCUT2D eigenvalue weighted by Gasteiger charge is -2.16. The van der Waals surface area contributed by atoms with E-state index in [-0.39, 0.29) is 17.5 Å². The Morgan fingerprint density at radius 3 is 2.43 bits per heavy atom. The van der Waals surface area contributed by atoms with E-state index in [4.69, 9.17) is 20.8 Å². The summed E-state index contributed by atoms with van der Waals surface area (Å²) in [6, 6.07) is 17.6. The first kappa shape index (κ1) is 19.7. The van der Waals surface area contributed by atoms with Crippen molar-refractivity contribution in [2.45, 2.75) is 6.92 Å². The molecule has 2 aromatic carbocycles. The Labute approximate surface area is 168 Å². The topological polar surface area (TPSA) is 59.8 Å². The van der Waals surface area contributed by atoms with Crippen LogP contribution in [0.5, 0.6) is 5.75 Å². The van der Waals surface area contributed by atoms with Crippen LogP contribution in [0.3, 0.4) is 0 Å². The van der Waals surface area contributed by atoms with E-state index in [9.17, 15) is 9.59 Å². The van der Waals surface area contributed by atoms with Gasteiger partial charge in [0.05, 0.1) is 11.6 Å². The van der Waals surface area contributed by atoms with Gasteiger partial charge in [0.2, 0.25) is 0 Å². The SMILES string of the molecule is CC(=O)c1ccc(-c2ccc(C(=O)N(C)CCOc3ccccc3Cl)o2)cc1. The van der Waals surface area contributed by atoms with Crippen molar-refractivity contribution in [1.29, 1.82) is 0 Å². The molecule has 1 heterocycles. The molecular formula is C22H20ClNO4. The Hall–Kier alpha value is -3.05. The Balaban J connectivity index is 1.60. The molecule has 0 saturated carbocycles. The molecule has 1 aromatic heterocycles. The summed E-state index contributed by atoms with van der Waals surface area (Å²) in [6.45, 7) is 2.21. The highest BCUT2D eigenvalue weighted by Gasteiger charge is 2.17. The van der Waals surface area contributed by atoms with Crippen molar-refractivity contribution in [2.75, 3.05) is 20.2 Å². The maximum absolute atomic E-state index is 12.5. The molecule has 144 valence electrons. The number of para-hydroxylation sites is 1. The molecule has 0 N–H and O–H groups in total. The second-order valence-corrected chi connectivity index (χ2v) is 6.71. The summed E-state index contributed by atoms with van der Waals surface area (Å²) >= 11 is 6.05. The summed E-state index contributed by atoms with van der Waals surface area (Å²) < 4.78 is 11.3. The summed E-state index contributed by atoms with van der Waals surface area (Å²) in [7, 11) is 1.68. The lowest BCUT2D eigenvalue weighted by atomic mass is 10.1. The maximum Gasteiger partial charge on any atom is 0.289 e. The van der Waals surface area contributed by atoms with Crippen molar-refractivity contribution < 1.29 is 18.7 Å². The van der Waals surface area contributed by atoms with Crippen molar-refractivity contribution >= 4 is 23.3 Å². The fraction of sp³-hybridized carbons (Fsp3) is 0.182. The van der Waals surface area contributed by atoms with E-state index in [0.29, 0.717) is 35.2 Å². The van der Waals surface area contributed by atoms with Gasteiger partial charge in [0.15, 0.2) is 11.5 Å². The predicted octanol–water partition coefficient (Wildman–Crippen LogP) is 4.95. The Bertz CT molecular complexity index is 978. The standard InChI is InChI=1S/C22H20ClNO4/c1-15(25)16-7-9-17(10-8-16)19-11-12-21(28-19)22(26)24(2)13-14-27-20-6-4-3-5-18(20)23/h3-12H,13-14H2,1-2H3. The second kappa shape index (κ2) is 8.76. The van der Waals surface area contributed by atoms with Gasteiger partial charge in [0.25, 0.3) is 5.91 Å². The van der Waals surface area contributed by atoms with Crippen LogP contribution in [0.15, 0.2) is 65.1 Å². The van der Waals surface area contributed by atoms with Gasteiger partial charge in [-0.2, -0.15) is 0 Å². The average Bonchev–Trinajstić information content (AvgIpc) is 3.19. The van der Waals surface area contributed by atoms with Crippen LogP contribution < -0.4 is 4.74 Å². The molecule has 28 heavy (non-hydrogen) atoms. The molecule has 0 spiro atoms. The van der Waals surface area contributed by atoms with Gasteiger partial charge in [-0.05, 0) is 31.2 Å². The third kappa shape index (κ3) is 4.61. The van der Waals surface area contributed by atoms with Crippen LogP contribution in [0.25, 0.3) is 11.3 Å². The monoisotopic (exact) mass is 397 g/mol. The highest BCUT2D eigenvalue weighted by molar-refractivity contribution is 6.32. The molecular weight excluding hydrogens is 378 g/mol. The molecule has 3 rings (SSSR count). The number of rotatable bonds is 7. The number of carbonyl (C=O) groups excluding carboxylic acids is 2. The van der Waals surface area contributed by atoms with E-state index < -0.39 is 0 Å². The molecule has 0 aliphatic rings. The zero-order chi connectivity index (χ0) is 20.1. The number of hydrogen-bond donors (Lipinski definition) is 0.